The van der Waals surface area contributed by atoms with Crippen molar-refractivity contribution in [3.8, 4) is 5.88 Å². The molecule has 0 bridgehead atoms. The molecule has 1 aliphatic rings. The third-order valence-corrected chi connectivity index (χ3v) is 3.53. The highest BCUT2D eigenvalue weighted by molar-refractivity contribution is 5.81. The standard InChI is InChI=1S/C15H24N4O2/c1-15(2,3)13(20)18-8-5-9-19(11-10-18)14-16-7-6-12(17-14)21-4/h6-7H,5,8-11H2,1-4H3. The minimum Gasteiger partial charge on any atom is -0.481 e. The molecule has 0 saturated carbocycles. The summed E-state index contributed by atoms with van der Waals surface area (Å²) in [7, 11) is 1.60. The molecule has 2 rings (SSSR count). The molecule has 0 atom stereocenters. The van der Waals surface area contributed by atoms with Crippen molar-refractivity contribution in [3.63, 3.8) is 0 Å². The van der Waals surface area contributed by atoms with Gasteiger partial charge >= 0.3 is 0 Å². The van der Waals surface area contributed by atoms with Crippen molar-refractivity contribution < 1.29 is 9.53 Å². The zero-order valence-electron chi connectivity index (χ0n) is 13.3. The number of carbonyl (C=O) groups excluding carboxylic acids is 1. The molecule has 116 valence electrons. The fourth-order valence-corrected chi connectivity index (χ4v) is 2.39. The van der Waals surface area contributed by atoms with Gasteiger partial charge in [0.25, 0.3) is 0 Å². The van der Waals surface area contributed by atoms with E-state index in [1.54, 1.807) is 19.4 Å². The van der Waals surface area contributed by atoms with E-state index in [1.807, 2.05) is 25.7 Å². The number of hydrogen-bond donors (Lipinski definition) is 0. The summed E-state index contributed by atoms with van der Waals surface area (Å²) in [4.78, 5) is 25.1. The number of ether oxygens (including phenoxy) is 1. The van der Waals surface area contributed by atoms with Crippen molar-refractivity contribution in [2.45, 2.75) is 27.2 Å². The molecule has 6 heteroatoms. The number of aromatic nitrogens is 2. The van der Waals surface area contributed by atoms with Crippen LogP contribution in [0.1, 0.15) is 27.2 Å². The molecule has 1 fully saturated rings. The van der Waals surface area contributed by atoms with Crippen molar-refractivity contribution in [2.75, 3.05) is 38.2 Å². The molecule has 1 aromatic heterocycles. The Morgan fingerprint density at radius 2 is 2.00 bits per heavy atom. The number of methoxy groups -OCH3 is 1. The number of rotatable bonds is 2. The van der Waals surface area contributed by atoms with E-state index in [2.05, 4.69) is 14.9 Å². The van der Waals surface area contributed by atoms with E-state index in [-0.39, 0.29) is 11.3 Å². The summed E-state index contributed by atoms with van der Waals surface area (Å²) in [5.74, 6) is 1.43. The quantitative estimate of drug-likeness (QED) is 0.828. The molecule has 1 saturated heterocycles. The van der Waals surface area contributed by atoms with Gasteiger partial charge in [0.05, 0.1) is 7.11 Å². The summed E-state index contributed by atoms with van der Waals surface area (Å²) in [5, 5.41) is 0. The highest BCUT2D eigenvalue weighted by Gasteiger charge is 2.28. The van der Waals surface area contributed by atoms with E-state index in [1.165, 1.54) is 0 Å². The molecule has 1 aromatic rings. The van der Waals surface area contributed by atoms with Crippen molar-refractivity contribution in [1.82, 2.24) is 14.9 Å². The second kappa shape index (κ2) is 6.28. The van der Waals surface area contributed by atoms with Crippen molar-refractivity contribution >= 4 is 11.9 Å². The fourth-order valence-electron chi connectivity index (χ4n) is 2.39. The topological polar surface area (TPSA) is 58.6 Å². The van der Waals surface area contributed by atoms with Crippen molar-refractivity contribution in [1.29, 1.82) is 0 Å². The second-order valence-corrected chi connectivity index (χ2v) is 6.28. The molecule has 0 unspecified atom stereocenters. The summed E-state index contributed by atoms with van der Waals surface area (Å²) in [5.41, 5.74) is -0.332. The number of amides is 1. The third kappa shape index (κ3) is 3.83. The van der Waals surface area contributed by atoms with E-state index < -0.39 is 0 Å². The Balaban J connectivity index is 2.05. The lowest BCUT2D eigenvalue weighted by Gasteiger charge is -2.28. The lowest BCUT2D eigenvalue weighted by atomic mass is 9.94. The first-order valence-electron chi connectivity index (χ1n) is 7.33. The number of hydrogen-bond acceptors (Lipinski definition) is 5. The van der Waals surface area contributed by atoms with Crippen LogP contribution in [0, 0.1) is 5.41 Å². The van der Waals surface area contributed by atoms with Crippen LogP contribution >= 0.6 is 0 Å². The first-order valence-corrected chi connectivity index (χ1v) is 7.33. The van der Waals surface area contributed by atoms with Gasteiger partial charge < -0.3 is 14.5 Å². The predicted octanol–water partition coefficient (Wildman–Crippen LogP) is 1.57. The summed E-state index contributed by atoms with van der Waals surface area (Å²) < 4.78 is 5.14. The van der Waals surface area contributed by atoms with Gasteiger partial charge in [-0.15, -0.1) is 0 Å². The van der Waals surface area contributed by atoms with E-state index in [4.69, 9.17) is 4.74 Å². The molecule has 1 amide bonds. The van der Waals surface area contributed by atoms with Crippen LogP contribution in [-0.2, 0) is 4.79 Å². The molecular formula is C15H24N4O2. The lowest BCUT2D eigenvalue weighted by Crippen LogP contribution is -2.41. The molecule has 21 heavy (non-hydrogen) atoms. The zero-order chi connectivity index (χ0) is 15.5. The molecular weight excluding hydrogens is 268 g/mol. The Kier molecular flexibility index (Phi) is 4.65. The van der Waals surface area contributed by atoms with Gasteiger partial charge in [-0.1, -0.05) is 20.8 Å². The smallest absolute Gasteiger partial charge is 0.228 e. The van der Waals surface area contributed by atoms with Gasteiger partial charge in [0.2, 0.25) is 17.7 Å². The largest absolute Gasteiger partial charge is 0.481 e. The highest BCUT2D eigenvalue weighted by Crippen LogP contribution is 2.20. The summed E-state index contributed by atoms with van der Waals surface area (Å²) in [6, 6.07) is 1.73. The molecule has 0 aliphatic carbocycles. The van der Waals surface area contributed by atoms with E-state index in [0.29, 0.717) is 18.4 Å². The van der Waals surface area contributed by atoms with Crippen LogP contribution in [0.3, 0.4) is 0 Å². The SMILES string of the molecule is COc1ccnc(N2CCCN(C(=O)C(C)(C)C)CC2)n1. The molecule has 2 heterocycles. The summed E-state index contributed by atoms with van der Waals surface area (Å²) >= 11 is 0. The number of nitrogens with zero attached hydrogens (tertiary/aromatic N) is 4. The third-order valence-electron chi connectivity index (χ3n) is 3.53. The van der Waals surface area contributed by atoms with Gasteiger partial charge in [-0.2, -0.15) is 4.98 Å². The number of anilines is 1. The van der Waals surface area contributed by atoms with Crippen molar-refractivity contribution in [2.24, 2.45) is 5.41 Å². The molecule has 0 aromatic carbocycles. The van der Waals surface area contributed by atoms with Gasteiger partial charge in [0, 0.05) is 43.9 Å². The predicted molar refractivity (Wildman–Crippen MR) is 81.4 cm³/mol. The van der Waals surface area contributed by atoms with Gasteiger partial charge in [0.15, 0.2) is 0 Å². The van der Waals surface area contributed by atoms with Gasteiger partial charge in [-0.3, -0.25) is 4.79 Å². The van der Waals surface area contributed by atoms with Gasteiger partial charge in [-0.25, -0.2) is 4.98 Å². The summed E-state index contributed by atoms with van der Waals surface area (Å²) in [6.45, 7) is 8.97. The minimum absolute atomic E-state index is 0.205. The van der Waals surface area contributed by atoms with Gasteiger partial charge in [-0.05, 0) is 6.42 Å². The number of carbonyl (C=O) groups is 1. The van der Waals surface area contributed by atoms with E-state index in [9.17, 15) is 4.79 Å². The molecule has 0 N–H and O–H groups in total. The van der Waals surface area contributed by atoms with Crippen LogP contribution in [0.25, 0.3) is 0 Å². The first kappa shape index (κ1) is 15.5. The van der Waals surface area contributed by atoms with Gasteiger partial charge in [0.1, 0.15) is 0 Å². The monoisotopic (exact) mass is 292 g/mol. The van der Waals surface area contributed by atoms with E-state index in [0.717, 1.165) is 26.1 Å². The Morgan fingerprint density at radius 3 is 2.67 bits per heavy atom. The highest BCUT2D eigenvalue weighted by atomic mass is 16.5. The fraction of sp³-hybridized carbons (Fsp3) is 0.667. The van der Waals surface area contributed by atoms with Crippen LogP contribution < -0.4 is 9.64 Å². The molecule has 1 aliphatic heterocycles. The van der Waals surface area contributed by atoms with Crippen LogP contribution in [-0.4, -0.2) is 54.1 Å². The van der Waals surface area contributed by atoms with E-state index >= 15 is 0 Å². The van der Waals surface area contributed by atoms with Crippen molar-refractivity contribution in [3.05, 3.63) is 12.3 Å². The average molecular weight is 292 g/mol. The minimum atomic E-state index is -0.332. The van der Waals surface area contributed by atoms with Crippen LogP contribution in [0.2, 0.25) is 0 Å². The Hall–Kier alpha value is -1.85. The Labute approximate surface area is 126 Å². The second-order valence-electron chi connectivity index (χ2n) is 6.28. The maximum absolute atomic E-state index is 12.4. The summed E-state index contributed by atoms with van der Waals surface area (Å²) in [6.07, 6.45) is 2.62. The normalized spacial score (nSPS) is 16.6. The molecule has 0 radical (unpaired) electrons. The Morgan fingerprint density at radius 1 is 1.24 bits per heavy atom. The van der Waals surface area contributed by atoms with Crippen LogP contribution in [0.15, 0.2) is 12.3 Å². The zero-order valence-corrected chi connectivity index (χ0v) is 13.3. The van der Waals surface area contributed by atoms with Crippen LogP contribution in [0.5, 0.6) is 5.88 Å². The molecule has 0 spiro atoms. The first-order chi connectivity index (χ1) is 9.91. The Bertz CT molecular complexity index is 499. The van der Waals surface area contributed by atoms with Crippen LogP contribution in [0.4, 0.5) is 5.95 Å². The lowest BCUT2D eigenvalue weighted by molar-refractivity contribution is -0.139. The maximum Gasteiger partial charge on any atom is 0.228 e. The average Bonchev–Trinajstić information content (AvgIpc) is 2.71. The maximum atomic E-state index is 12.4. The molecule has 6 nitrogen and oxygen atoms in total.